The molecule has 4 aliphatic carbocycles. The van der Waals surface area contributed by atoms with Gasteiger partial charge in [-0.3, -0.25) is 4.79 Å². The molecular formula is C20H31NO2. The van der Waals surface area contributed by atoms with E-state index in [1.54, 1.807) is 0 Å². The Morgan fingerprint density at radius 2 is 2.09 bits per heavy atom. The predicted octanol–water partition coefficient (Wildman–Crippen LogP) is 3.06. The van der Waals surface area contributed by atoms with E-state index in [0.29, 0.717) is 36.0 Å². The molecule has 3 fully saturated rings. The molecule has 3 N–H and O–H groups in total. The lowest BCUT2D eigenvalue weighted by atomic mass is 9.48. The Morgan fingerprint density at radius 1 is 1.30 bits per heavy atom. The maximum Gasteiger partial charge on any atom is 0.155 e. The maximum absolute atomic E-state index is 11.8. The van der Waals surface area contributed by atoms with Gasteiger partial charge in [-0.15, -0.1) is 0 Å². The van der Waals surface area contributed by atoms with Crippen LogP contribution >= 0.6 is 0 Å². The van der Waals surface area contributed by atoms with Crippen LogP contribution in [0.5, 0.6) is 0 Å². The van der Waals surface area contributed by atoms with Gasteiger partial charge in [0.1, 0.15) is 0 Å². The Balaban J connectivity index is 1.68. The molecule has 4 aliphatic rings. The average molecular weight is 317 g/mol. The van der Waals surface area contributed by atoms with Crippen molar-refractivity contribution in [3.8, 4) is 0 Å². The Morgan fingerprint density at radius 3 is 2.83 bits per heavy atom. The minimum absolute atomic E-state index is 0.0110. The summed E-state index contributed by atoms with van der Waals surface area (Å²) in [7, 11) is 0. The van der Waals surface area contributed by atoms with E-state index < -0.39 is 5.60 Å². The number of hydrogen-bond donors (Lipinski definition) is 2. The van der Waals surface area contributed by atoms with Gasteiger partial charge >= 0.3 is 0 Å². The molecule has 5 unspecified atom stereocenters. The lowest BCUT2D eigenvalue weighted by Gasteiger charge is -2.57. The van der Waals surface area contributed by atoms with E-state index >= 15 is 0 Å². The van der Waals surface area contributed by atoms with Gasteiger partial charge in [0.2, 0.25) is 0 Å². The van der Waals surface area contributed by atoms with Crippen molar-refractivity contribution in [2.45, 2.75) is 64.4 Å². The van der Waals surface area contributed by atoms with Gasteiger partial charge in [-0.1, -0.05) is 19.4 Å². The van der Waals surface area contributed by atoms with E-state index in [2.05, 4.69) is 13.8 Å². The van der Waals surface area contributed by atoms with Crippen LogP contribution in [0.3, 0.4) is 0 Å². The lowest BCUT2D eigenvalue weighted by Crippen LogP contribution is -2.56. The van der Waals surface area contributed by atoms with E-state index in [1.807, 2.05) is 6.08 Å². The molecule has 128 valence electrons. The van der Waals surface area contributed by atoms with Crippen molar-refractivity contribution in [3.05, 3.63) is 11.6 Å². The molecule has 0 saturated heterocycles. The van der Waals surface area contributed by atoms with E-state index in [9.17, 15) is 9.90 Å². The number of fused-ring (bicyclic) bond motifs is 5. The number of carbonyl (C=O) groups excluding carboxylic acids is 1. The summed E-state index contributed by atoms with van der Waals surface area (Å²) in [5.41, 5.74) is 6.75. The van der Waals surface area contributed by atoms with Crippen molar-refractivity contribution in [3.63, 3.8) is 0 Å². The molecule has 4 rings (SSSR count). The number of rotatable bonds is 1. The third-order valence-electron chi connectivity index (χ3n) is 8.30. The number of carbonyl (C=O) groups is 1. The highest BCUT2D eigenvalue weighted by atomic mass is 16.3. The summed E-state index contributed by atoms with van der Waals surface area (Å²) in [4.78, 5) is 11.8. The average Bonchev–Trinajstić information content (AvgIpc) is 2.79. The smallest absolute Gasteiger partial charge is 0.155 e. The summed E-state index contributed by atoms with van der Waals surface area (Å²) in [6.45, 7) is 5.07. The fourth-order valence-corrected chi connectivity index (χ4v) is 7.04. The van der Waals surface area contributed by atoms with Crippen LogP contribution in [0.2, 0.25) is 0 Å². The first-order chi connectivity index (χ1) is 10.9. The van der Waals surface area contributed by atoms with Crippen LogP contribution in [-0.4, -0.2) is 23.0 Å². The number of nitrogens with two attached hydrogens (primary N) is 1. The number of hydrogen-bond acceptors (Lipinski definition) is 3. The van der Waals surface area contributed by atoms with Crippen molar-refractivity contribution >= 4 is 5.78 Å². The van der Waals surface area contributed by atoms with Gasteiger partial charge in [0.15, 0.2) is 5.78 Å². The normalized spacial score (nSPS) is 52.4. The van der Waals surface area contributed by atoms with Gasteiger partial charge in [0.25, 0.3) is 0 Å². The van der Waals surface area contributed by atoms with E-state index in [1.165, 1.54) is 12.0 Å². The van der Waals surface area contributed by atoms with Crippen LogP contribution in [0, 0.1) is 35.0 Å². The molecule has 0 aromatic carbocycles. The zero-order chi connectivity index (χ0) is 16.4. The molecule has 3 heteroatoms. The zero-order valence-electron chi connectivity index (χ0n) is 14.6. The largest absolute Gasteiger partial charge is 0.388 e. The number of ketones is 1. The standard InChI is InChI=1S/C20H31NO2/c1-12-9-13-10-14(22)3-4-15(13)16-5-7-19(2)17(18(12)16)6-8-20(19,23)11-21/h10,12,15-18,23H,3-9,11,21H2,1-2H3/t12?,15?,16?,17?,18?,19-,20+/m0/s1. The molecule has 23 heavy (non-hydrogen) atoms. The second-order valence-electron chi connectivity index (χ2n) is 9.09. The quantitative estimate of drug-likeness (QED) is 0.781. The predicted molar refractivity (Wildman–Crippen MR) is 90.6 cm³/mol. The molecule has 0 aliphatic heterocycles. The zero-order valence-corrected chi connectivity index (χ0v) is 14.6. The third kappa shape index (κ3) is 2.05. The Kier molecular flexibility index (Phi) is 3.55. The summed E-state index contributed by atoms with van der Waals surface area (Å²) in [5, 5.41) is 11.1. The molecular weight excluding hydrogens is 286 g/mol. The highest BCUT2D eigenvalue weighted by molar-refractivity contribution is 5.91. The van der Waals surface area contributed by atoms with Crippen LogP contribution in [0.1, 0.15) is 58.8 Å². The minimum Gasteiger partial charge on any atom is -0.388 e. The topological polar surface area (TPSA) is 63.3 Å². The van der Waals surface area contributed by atoms with Crippen molar-refractivity contribution in [2.75, 3.05) is 6.54 Å². The molecule has 3 nitrogen and oxygen atoms in total. The lowest BCUT2D eigenvalue weighted by molar-refractivity contribution is -0.124. The van der Waals surface area contributed by atoms with Crippen molar-refractivity contribution in [1.82, 2.24) is 0 Å². The maximum atomic E-state index is 11.8. The molecule has 0 aromatic rings. The molecule has 0 bridgehead atoms. The fraction of sp³-hybridized carbons (Fsp3) is 0.850. The van der Waals surface area contributed by atoms with Crippen LogP contribution in [0.4, 0.5) is 0 Å². The van der Waals surface area contributed by atoms with E-state index in [-0.39, 0.29) is 5.41 Å². The number of allylic oxidation sites excluding steroid dienone is 1. The van der Waals surface area contributed by atoms with Crippen molar-refractivity contribution in [2.24, 2.45) is 40.7 Å². The van der Waals surface area contributed by atoms with E-state index in [4.69, 9.17) is 5.73 Å². The first kappa shape index (κ1) is 15.8. The fourth-order valence-electron chi connectivity index (χ4n) is 7.04. The van der Waals surface area contributed by atoms with Crippen molar-refractivity contribution < 1.29 is 9.90 Å². The molecule has 3 saturated carbocycles. The molecule has 0 heterocycles. The van der Waals surface area contributed by atoms with Gasteiger partial charge in [-0.2, -0.15) is 0 Å². The monoisotopic (exact) mass is 317 g/mol. The Labute approximate surface area is 139 Å². The second kappa shape index (κ2) is 5.16. The minimum atomic E-state index is -0.666. The summed E-state index contributed by atoms with van der Waals surface area (Å²) in [5.74, 6) is 3.61. The highest BCUT2D eigenvalue weighted by Crippen LogP contribution is 2.65. The first-order valence-corrected chi connectivity index (χ1v) is 9.55. The molecule has 7 atom stereocenters. The summed E-state index contributed by atoms with van der Waals surface area (Å²) >= 11 is 0. The Hall–Kier alpha value is -0.670. The Bertz CT molecular complexity index is 556. The van der Waals surface area contributed by atoms with Crippen LogP contribution in [0.25, 0.3) is 0 Å². The van der Waals surface area contributed by atoms with Crippen LogP contribution in [-0.2, 0) is 4.79 Å². The van der Waals surface area contributed by atoms with Crippen LogP contribution in [0.15, 0.2) is 11.6 Å². The first-order valence-electron chi connectivity index (χ1n) is 9.55. The van der Waals surface area contributed by atoms with Gasteiger partial charge < -0.3 is 10.8 Å². The van der Waals surface area contributed by atoms with Crippen molar-refractivity contribution in [1.29, 1.82) is 0 Å². The van der Waals surface area contributed by atoms with Crippen LogP contribution < -0.4 is 5.73 Å². The molecule has 0 aromatic heterocycles. The summed E-state index contributed by atoms with van der Waals surface area (Å²) in [6, 6.07) is 0. The van der Waals surface area contributed by atoms with Gasteiger partial charge in [-0.25, -0.2) is 0 Å². The second-order valence-corrected chi connectivity index (χ2v) is 9.09. The molecule has 0 spiro atoms. The molecule has 0 radical (unpaired) electrons. The summed E-state index contributed by atoms with van der Waals surface area (Å²) < 4.78 is 0. The number of aliphatic hydroxyl groups is 1. The molecule has 0 amide bonds. The van der Waals surface area contributed by atoms with E-state index in [0.717, 1.165) is 44.4 Å². The van der Waals surface area contributed by atoms with Gasteiger partial charge in [0.05, 0.1) is 5.60 Å². The summed E-state index contributed by atoms with van der Waals surface area (Å²) in [6.07, 6.45) is 9.14. The van der Waals surface area contributed by atoms with Gasteiger partial charge in [-0.05, 0) is 74.2 Å². The third-order valence-corrected chi connectivity index (χ3v) is 8.30. The SMILES string of the molecule is CC1CC2=CC(=O)CCC2C2CC[C@@]3(C)C(CC[C@@]3(O)CN)C12. The van der Waals surface area contributed by atoms with Gasteiger partial charge in [0, 0.05) is 18.4 Å². The highest BCUT2D eigenvalue weighted by Gasteiger charge is 2.62.